The molecule has 2 N–H and O–H groups in total. The Morgan fingerprint density at radius 1 is 1.31 bits per heavy atom. The average Bonchev–Trinajstić information content (AvgIpc) is 3.11. The second kappa shape index (κ2) is 10.00. The Balaban J connectivity index is 1.55. The molecular weight excluding hydrogens is 416 g/mol. The molecule has 0 spiro atoms. The molecular formula is C19H23ClN4O4S. The van der Waals surface area contributed by atoms with E-state index in [2.05, 4.69) is 20.7 Å². The summed E-state index contributed by atoms with van der Waals surface area (Å²) < 4.78 is 10.3. The van der Waals surface area contributed by atoms with Crippen molar-refractivity contribution in [2.75, 3.05) is 47.6 Å². The van der Waals surface area contributed by atoms with Crippen LogP contribution >= 0.6 is 23.4 Å². The molecule has 1 fully saturated rings. The standard InChI is InChI=1S/C19H23ClN4O4S/c1-12-10-16(23-28-12)22-19(26)13(2)29-11-17(25)21-15-5-3-4-14(20)18(15)24-6-8-27-9-7-24/h3-5,10,13H,6-9,11H2,1-2H3,(H,21,25)(H,22,23,26). The highest BCUT2D eigenvalue weighted by Crippen LogP contribution is 2.34. The van der Waals surface area contributed by atoms with Crippen LogP contribution in [-0.2, 0) is 14.3 Å². The van der Waals surface area contributed by atoms with Gasteiger partial charge in [0.15, 0.2) is 5.82 Å². The van der Waals surface area contributed by atoms with Crippen LogP contribution in [-0.4, -0.2) is 54.3 Å². The van der Waals surface area contributed by atoms with Crippen LogP contribution in [0.2, 0.25) is 5.02 Å². The number of rotatable bonds is 7. The lowest BCUT2D eigenvalue weighted by molar-refractivity contribution is -0.115. The van der Waals surface area contributed by atoms with Crippen LogP contribution in [0.4, 0.5) is 17.2 Å². The van der Waals surface area contributed by atoms with Gasteiger partial charge >= 0.3 is 0 Å². The van der Waals surface area contributed by atoms with E-state index in [4.69, 9.17) is 20.9 Å². The first kappa shape index (κ1) is 21.5. The molecule has 0 bridgehead atoms. The largest absolute Gasteiger partial charge is 0.378 e. The van der Waals surface area contributed by atoms with Gasteiger partial charge in [-0.05, 0) is 26.0 Å². The minimum atomic E-state index is -0.434. The monoisotopic (exact) mass is 438 g/mol. The Morgan fingerprint density at radius 2 is 2.07 bits per heavy atom. The van der Waals surface area contributed by atoms with Crippen molar-refractivity contribution in [1.82, 2.24) is 5.16 Å². The maximum atomic E-state index is 12.5. The van der Waals surface area contributed by atoms with Gasteiger partial charge in [0, 0.05) is 19.2 Å². The molecule has 29 heavy (non-hydrogen) atoms. The third-order valence-corrected chi connectivity index (χ3v) is 5.75. The van der Waals surface area contributed by atoms with Crippen molar-refractivity contribution in [1.29, 1.82) is 0 Å². The number of aryl methyl sites for hydroxylation is 1. The quantitative estimate of drug-likeness (QED) is 0.685. The van der Waals surface area contributed by atoms with Crippen LogP contribution in [0.3, 0.4) is 0 Å². The zero-order chi connectivity index (χ0) is 20.8. The van der Waals surface area contributed by atoms with Crippen molar-refractivity contribution in [3.05, 3.63) is 35.0 Å². The molecule has 10 heteroatoms. The summed E-state index contributed by atoms with van der Waals surface area (Å²) in [7, 11) is 0. The molecule has 1 aromatic heterocycles. The number of hydrogen-bond acceptors (Lipinski definition) is 7. The highest BCUT2D eigenvalue weighted by Gasteiger charge is 2.20. The van der Waals surface area contributed by atoms with Gasteiger partial charge in [-0.3, -0.25) is 9.59 Å². The normalized spacial score (nSPS) is 15.1. The van der Waals surface area contributed by atoms with Gasteiger partial charge in [0.1, 0.15) is 5.76 Å². The highest BCUT2D eigenvalue weighted by atomic mass is 35.5. The Bertz CT molecular complexity index is 870. The number of anilines is 3. The molecule has 156 valence electrons. The van der Waals surface area contributed by atoms with Crippen molar-refractivity contribution in [3.63, 3.8) is 0 Å². The summed E-state index contributed by atoms with van der Waals surface area (Å²) in [5.41, 5.74) is 1.45. The predicted octanol–water partition coefficient (Wildman–Crippen LogP) is 3.17. The molecule has 1 aliphatic heterocycles. The Kier molecular flexibility index (Phi) is 7.40. The molecule has 0 saturated carbocycles. The van der Waals surface area contributed by atoms with Crippen molar-refractivity contribution in [3.8, 4) is 0 Å². The van der Waals surface area contributed by atoms with E-state index in [1.54, 1.807) is 32.0 Å². The maximum Gasteiger partial charge on any atom is 0.238 e. The van der Waals surface area contributed by atoms with Crippen LogP contribution in [0.1, 0.15) is 12.7 Å². The molecule has 1 aromatic carbocycles. The van der Waals surface area contributed by atoms with Gasteiger partial charge in [-0.15, -0.1) is 11.8 Å². The third kappa shape index (κ3) is 5.88. The highest BCUT2D eigenvalue weighted by molar-refractivity contribution is 8.01. The minimum absolute atomic E-state index is 0.126. The van der Waals surface area contributed by atoms with Gasteiger partial charge in [-0.1, -0.05) is 22.8 Å². The predicted molar refractivity (Wildman–Crippen MR) is 115 cm³/mol. The molecule has 2 aromatic rings. The zero-order valence-electron chi connectivity index (χ0n) is 16.2. The SMILES string of the molecule is Cc1cc(NC(=O)C(C)SCC(=O)Nc2cccc(Cl)c2N2CCOCC2)no1. The van der Waals surface area contributed by atoms with E-state index in [0.29, 0.717) is 48.6 Å². The van der Waals surface area contributed by atoms with Crippen molar-refractivity contribution < 1.29 is 18.8 Å². The fraction of sp³-hybridized carbons (Fsp3) is 0.421. The van der Waals surface area contributed by atoms with Crippen molar-refractivity contribution in [2.24, 2.45) is 0 Å². The van der Waals surface area contributed by atoms with Gasteiger partial charge in [-0.2, -0.15) is 0 Å². The summed E-state index contributed by atoms with van der Waals surface area (Å²) in [6, 6.07) is 7.05. The number of morpholine rings is 1. The van der Waals surface area contributed by atoms with Crippen molar-refractivity contribution in [2.45, 2.75) is 19.1 Å². The topological polar surface area (TPSA) is 96.7 Å². The number of nitrogens with one attached hydrogen (secondary N) is 2. The number of thioether (sulfide) groups is 1. The summed E-state index contributed by atoms with van der Waals surface area (Å²) in [5, 5.41) is 9.45. The lowest BCUT2D eigenvalue weighted by Gasteiger charge is -2.31. The molecule has 0 aliphatic carbocycles. The Labute approximate surface area is 178 Å². The number of aromatic nitrogens is 1. The van der Waals surface area contributed by atoms with Crippen LogP contribution in [0.25, 0.3) is 0 Å². The van der Waals surface area contributed by atoms with E-state index in [1.165, 1.54) is 11.8 Å². The molecule has 2 amide bonds. The van der Waals surface area contributed by atoms with Crippen LogP contribution in [0.15, 0.2) is 28.8 Å². The van der Waals surface area contributed by atoms with Crippen LogP contribution in [0.5, 0.6) is 0 Å². The van der Waals surface area contributed by atoms with E-state index in [-0.39, 0.29) is 17.6 Å². The number of halogens is 1. The van der Waals surface area contributed by atoms with Crippen LogP contribution in [0, 0.1) is 6.92 Å². The van der Waals surface area contributed by atoms with E-state index >= 15 is 0 Å². The van der Waals surface area contributed by atoms with E-state index in [0.717, 1.165) is 5.69 Å². The van der Waals surface area contributed by atoms with E-state index in [9.17, 15) is 9.59 Å². The number of carbonyl (C=O) groups excluding carboxylic acids is 2. The molecule has 3 rings (SSSR count). The third-order valence-electron chi connectivity index (χ3n) is 4.30. The number of benzene rings is 1. The number of carbonyl (C=O) groups is 2. The summed E-state index contributed by atoms with van der Waals surface area (Å²) >= 11 is 7.62. The lowest BCUT2D eigenvalue weighted by atomic mass is 10.2. The molecule has 0 radical (unpaired) electrons. The smallest absolute Gasteiger partial charge is 0.238 e. The average molecular weight is 439 g/mol. The number of amides is 2. The van der Waals surface area contributed by atoms with Gasteiger partial charge in [0.2, 0.25) is 11.8 Å². The first-order chi connectivity index (χ1) is 13.9. The Hall–Kier alpha value is -2.23. The molecule has 8 nitrogen and oxygen atoms in total. The fourth-order valence-corrected chi connectivity index (χ4v) is 3.82. The summed E-state index contributed by atoms with van der Waals surface area (Å²) in [5.74, 6) is 0.647. The molecule has 1 atom stereocenters. The van der Waals surface area contributed by atoms with Gasteiger partial charge in [0.25, 0.3) is 0 Å². The molecule has 2 heterocycles. The molecule has 1 unspecified atom stereocenters. The van der Waals surface area contributed by atoms with Gasteiger partial charge < -0.3 is 24.8 Å². The number of para-hydroxylation sites is 1. The summed E-state index contributed by atoms with van der Waals surface area (Å²) in [4.78, 5) is 26.8. The zero-order valence-corrected chi connectivity index (χ0v) is 17.8. The number of nitrogens with zero attached hydrogens (tertiary/aromatic N) is 2. The number of hydrogen-bond donors (Lipinski definition) is 2. The molecule has 1 saturated heterocycles. The van der Waals surface area contributed by atoms with E-state index < -0.39 is 5.25 Å². The van der Waals surface area contributed by atoms with Crippen LogP contribution < -0.4 is 15.5 Å². The van der Waals surface area contributed by atoms with Gasteiger partial charge in [0.05, 0.1) is 40.6 Å². The summed E-state index contributed by atoms with van der Waals surface area (Å²) in [6.45, 7) is 6.13. The second-order valence-electron chi connectivity index (χ2n) is 6.55. The van der Waals surface area contributed by atoms with E-state index in [1.807, 2.05) is 6.07 Å². The minimum Gasteiger partial charge on any atom is -0.378 e. The first-order valence-electron chi connectivity index (χ1n) is 9.21. The van der Waals surface area contributed by atoms with Crippen molar-refractivity contribution >= 4 is 52.4 Å². The Morgan fingerprint density at radius 3 is 2.76 bits per heavy atom. The lowest BCUT2D eigenvalue weighted by Crippen LogP contribution is -2.37. The number of ether oxygens (including phenoxy) is 1. The second-order valence-corrected chi connectivity index (χ2v) is 8.29. The first-order valence-corrected chi connectivity index (χ1v) is 10.6. The fourth-order valence-electron chi connectivity index (χ4n) is 2.84. The maximum absolute atomic E-state index is 12.5. The summed E-state index contributed by atoms with van der Waals surface area (Å²) in [6.07, 6.45) is 0. The van der Waals surface area contributed by atoms with Gasteiger partial charge in [-0.25, -0.2) is 0 Å². The molecule has 1 aliphatic rings.